The Balaban J connectivity index is 2.19. The molecule has 0 bridgehead atoms. The zero-order valence-electron chi connectivity index (χ0n) is 10.3. The fourth-order valence-corrected chi connectivity index (χ4v) is 2.01. The molecule has 1 aliphatic heterocycles. The lowest BCUT2D eigenvalue weighted by molar-refractivity contribution is -0.427. The minimum absolute atomic E-state index is 0.170. The molecule has 2 rings (SSSR count). The van der Waals surface area contributed by atoms with Crippen LogP contribution in [-0.2, 0) is 6.54 Å². The zero-order valence-corrected chi connectivity index (χ0v) is 10.3. The standard InChI is InChI=1S/C12H16N4O2/c1-10(16(17)18)12-14-5-2-8-15(12)9-11-3-6-13-7-4-11/h3-4,6-7,14H,2,5,8-9H2,1H3. The molecular weight excluding hydrogens is 232 g/mol. The Morgan fingerprint density at radius 2 is 2.28 bits per heavy atom. The van der Waals surface area contributed by atoms with E-state index in [1.807, 2.05) is 17.0 Å². The van der Waals surface area contributed by atoms with Gasteiger partial charge in [-0.2, -0.15) is 0 Å². The number of rotatable bonds is 3. The van der Waals surface area contributed by atoms with E-state index in [-0.39, 0.29) is 10.6 Å². The van der Waals surface area contributed by atoms with Gasteiger partial charge in [0.05, 0.1) is 4.92 Å². The molecule has 1 N–H and O–H groups in total. The van der Waals surface area contributed by atoms with Crippen LogP contribution in [0.2, 0.25) is 0 Å². The van der Waals surface area contributed by atoms with E-state index in [2.05, 4.69) is 10.3 Å². The number of hydrogen-bond acceptors (Lipinski definition) is 5. The van der Waals surface area contributed by atoms with Crippen molar-refractivity contribution >= 4 is 0 Å². The van der Waals surface area contributed by atoms with Gasteiger partial charge in [-0.05, 0) is 24.1 Å². The SMILES string of the molecule is CC(=C1NCCCN1Cc1ccncc1)[N+](=O)[O-]. The molecule has 1 aromatic heterocycles. The average molecular weight is 248 g/mol. The summed E-state index contributed by atoms with van der Waals surface area (Å²) in [6, 6.07) is 3.85. The van der Waals surface area contributed by atoms with Crippen molar-refractivity contribution in [3.8, 4) is 0 Å². The van der Waals surface area contributed by atoms with Crippen LogP contribution in [0.5, 0.6) is 0 Å². The summed E-state index contributed by atoms with van der Waals surface area (Å²) in [4.78, 5) is 16.5. The van der Waals surface area contributed by atoms with Crippen molar-refractivity contribution in [2.24, 2.45) is 0 Å². The lowest BCUT2D eigenvalue weighted by Crippen LogP contribution is -2.40. The quantitative estimate of drug-likeness (QED) is 0.645. The van der Waals surface area contributed by atoms with E-state index in [4.69, 9.17) is 0 Å². The molecule has 0 aromatic carbocycles. The molecule has 6 nitrogen and oxygen atoms in total. The number of aromatic nitrogens is 1. The van der Waals surface area contributed by atoms with Gasteiger partial charge < -0.3 is 10.2 Å². The summed E-state index contributed by atoms with van der Waals surface area (Å²) in [5.74, 6) is 0.628. The summed E-state index contributed by atoms with van der Waals surface area (Å²) in [6.07, 6.45) is 4.45. The van der Waals surface area contributed by atoms with Crippen LogP contribution in [0.3, 0.4) is 0 Å². The van der Waals surface area contributed by atoms with Crippen molar-refractivity contribution in [3.63, 3.8) is 0 Å². The summed E-state index contributed by atoms with van der Waals surface area (Å²) < 4.78 is 0. The van der Waals surface area contributed by atoms with Gasteiger partial charge in [0.15, 0.2) is 5.82 Å². The number of hydrogen-bond donors (Lipinski definition) is 1. The minimum atomic E-state index is -0.340. The molecule has 0 atom stereocenters. The molecule has 2 heterocycles. The lowest BCUT2D eigenvalue weighted by Gasteiger charge is -2.31. The van der Waals surface area contributed by atoms with Crippen LogP contribution in [0, 0.1) is 10.1 Å². The van der Waals surface area contributed by atoms with Gasteiger partial charge in [-0.1, -0.05) is 0 Å². The highest BCUT2D eigenvalue weighted by Crippen LogP contribution is 2.16. The molecule has 0 unspecified atom stereocenters. The Hall–Kier alpha value is -2.11. The first-order chi connectivity index (χ1) is 8.68. The van der Waals surface area contributed by atoms with Gasteiger partial charge in [-0.25, -0.2) is 0 Å². The second kappa shape index (κ2) is 5.48. The maximum atomic E-state index is 10.9. The Labute approximate surface area is 105 Å². The first kappa shape index (κ1) is 12.3. The molecule has 18 heavy (non-hydrogen) atoms. The number of nitrogens with zero attached hydrogens (tertiary/aromatic N) is 3. The molecule has 0 spiro atoms. The maximum Gasteiger partial charge on any atom is 0.282 e. The molecule has 0 saturated carbocycles. The third-order valence-electron chi connectivity index (χ3n) is 2.95. The smallest absolute Gasteiger partial charge is 0.282 e. The first-order valence-electron chi connectivity index (χ1n) is 5.91. The molecule has 1 aliphatic rings. The predicted octanol–water partition coefficient (Wildman–Crippen LogP) is 1.34. The van der Waals surface area contributed by atoms with Crippen molar-refractivity contribution in [1.29, 1.82) is 0 Å². The average Bonchev–Trinajstić information content (AvgIpc) is 2.39. The third-order valence-corrected chi connectivity index (χ3v) is 2.95. The van der Waals surface area contributed by atoms with Crippen LogP contribution in [0.4, 0.5) is 0 Å². The van der Waals surface area contributed by atoms with E-state index < -0.39 is 0 Å². The fraction of sp³-hybridized carbons (Fsp3) is 0.417. The number of pyridine rings is 1. The molecule has 0 amide bonds. The monoisotopic (exact) mass is 248 g/mol. The van der Waals surface area contributed by atoms with Crippen molar-refractivity contribution in [1.82, 2.24) is 15.2 Å². The van der Waals surface area contributed by atoms with Crippen LogP contribution in [-0.4, -0.2) is 27.9 Å². The Morgan fingerprint density at radius 1 is 1.56 bits per heavy atom. The third kappa shape index (κ3) is 2.77. The molecule has 6 heteroatoms. The predicted molar refractivity (Wildman–Crippen MR) is 67.0 cm³/mol. The number of nitrogens with one attached hydrogen (secondary N) is 1. The second-order valence-electron chi connectivity index (χ2n) is 4.25. The Morgan fingerprint density at radius 3 is 2.94 bits per heavy atom. The van der Waals surface area contributed by atoms with Crippen molar-refractivity contribution in [2.45, 2.75) is 19.9 Å². The highest BCUT2D eigenvalue weighted by Gasteiger charge is 2.22. The topological polar surface area (TPSA) is 71.3 Å². The molecule has 1 saturated heterocycles. The summed E-state index contributed by atoms with van der Waals surface area (Å²) in [5, 5.41) is 14.0. The normalized spacial score (nSPS) is 18.2. The summed E-state index contributed by atoms with van der Waals surface area (Å²) in [6.45, 7) is 3.81. The Kier molecular flexibility index (Phi) is 3.76. The van der Waals surface area contributed by atoms with E-state index in [9.17, 15) is 10.1 Å². The van der Waals surface area contributed by atoms with Crippen LogP contribution >= 0.6 is 0 Å². The van der Waals surface area contributed by atoms with Gasteiger partial charge in [0.2, 0.25) is 0 Å². The minimum Gasteiger partial charge on any atom is -0.366 e. The largest absolute Gasteiger partial charge is 0.366 e. The van der Waals surface area contributed by atoms with Gasteiger partial charge >= 0.3 is 0 Å². The Bertz CT molecular complexity index is 458. The van der Waals surface area contributed by atoms with Crippen LogP contribution < -0.4 is 5.32 Å². The van der Waals surface area contributed by atoms with E-state index >= 15 is 0 Å². The van der Waals surface area contributed by atoms with E-state index in [0.717, 1.165) is 25.1 Å². The molecule has 0 aliphatic carbocycles. The van der Waals surface area contributed by atoms with Crippen molar-refractivity contribution in [2.75, 3.05) is 13.1 Å². The molecule has 0 radical (unpaired) electrons. The van der Waals surface area contributed by atoms with Gasteiger partial charge in [0.1, 0.15) is 0 Å². The maximum absolute atomic E-state index is 10.9. The first-order valence-corrected chi connectivity index (χ1v) is 5.91. The fourth-order valence-electron chi connectivity index (χ4n) is 2.01. The van der Waals surface area contributed by atoms with Gasteiger partial charge in [-0.15, -0.1) is 0 Å². The van der Waals surface area contributed by atoms with E-state index in [1.54, 1.807) is 12.4 Å². The highest BCUT2D eigenvalue weighted by molar-refractivity contribution is 5.13. The summed E-state index contributed by atoms with van der Waals surface area (Å²) >= 11 is 0. The molecule has 1 aromatic rings. The van der Waals surface area contributed by atoms with E-state index in [0.29, 0.717) is 12.4 Å². The number of nitro groups is 1. The molecule has 1 fully saturated rings. The highest BCUT2D eigenvalue weighted by atomic mass is 16.6. The van der Waals surface area contributed by atoms with Gasteiger partial charge in [0, 0.05) is 39.0 Å². The van der Waals surface area contributed by atoms with Gasteiger partial charge in [-0.3, -0.25) is 15.1 Å². The zero-order chi connectivity index (χ0) is 13.0. The second-order valence-corrected chi connectivity index (χ2v) is 4.25. The van der Waals surface area contributed by atoms with Crippen LogP contribution in [0.25, 0.3) is 0 Å². The van der Waals surface area contributed by atoms with Crippen molar-refractivity contribution < 1.29 is 4.92 Å². The van der Waals surface area contributed by atoms with Crippen LogP contribution in [0.15, 0.2) is 36.0 Å². The van der Waals surface area contributed by atoms with Gasteiger partial charge in [0.25, 0.3) is 5.70 Å². The summed E-state index contributed by atoms with van der Waals surface area (Å²) in [5.41, 5.74) is 1.27. The lowest BCUT2D eigenvalue weighted by atomic mass is 10.2. The van der Waals surface area contributed by atoms with Crippen LogP contribution in [0.1, 0.15) is 18.9 Å². The summed E-state index contributed by atoms with van der Waals surface area (Å²) in [7, 11) is 0. The van der Waals surface area contributed by atoms with E-state index in [1.165, 1.54) is 6.92 Å². The molecular formula is C12H16N4O2. The number of allylic oxidation sites excluding steroid dienone is 1. The van der Waals surface area contributed by atoms with Crippen molar-refractivity contribution in [3.05, 3.63) is 51.7 Å². The molecule has 96 valence electrons.